The second-order valence-corrected chi connectivity index (χ2v) is 5.86. The fourth-order valence-corrected chi connectivity index (χ4v) is 2.19. The molecule has 2 aromatic rings. The number of alkyl halides is 3. The van der Waals surface area contributed by atoms with Gasteiger partial charge < -0.3 is 9.47 Å². The molecule has 0 aliphatic carbocycles. The number of aromatic nitrogens is 1. The summed E-state index contributed by atoms with van der Waals surface area (Å²) >= 11 is 0. The van der Waals surface area contributed by atoms with Crippen LogP contribution in [-0.2, 0) is 10.9 Å². The highest BCUT2D eigenvalue weighted by atomic mass is 19.4. The lowest BCUT2D eigenvalue weighted by Crippen LogP contribution is -2.20. The van der Waals surface area contributed by atoms with Crippen molar-refractivity contribution in [2.24, 2.45) is 5.10 Å². The molecule has 0 radical (unpaired) electrons. The average molecular weight is 379 g/mol. The number of hydrogen-bond acceptors (Lipinski definition) is 5. The molecule has 1 saturated heterocycles. The van der Waals surface area contributed by atoms with Gasteiger partial charge >= 0.3 is 6.18 Å². The van der Waals surface area contributed by atoms with E-state index in [1.165, 1.54) is 13.1 Å². The fraction of sp³-hybridized carbons (Fsp3) is 0.278. The average Bonchev–Trinajstić information content (AvgIpc) is 3.44. The Morgan fingerprint density at radius 2 is 2.04 bits per heavy atom. The molecule has 3 rings (SSSR count). The maximum atomic E-state index is 12.6. The number of aryl methyl sites for hydroxylation is 1. The van der Waals surface area contributed by atoms with E-state index in [2.05, 4.69) is 15.5 Å². The minimum atomic E-state index is -4.56. The van der Waals surface area contributed by atoms with Gasteiger partial charge in [-0.3, -0.25) is 4.79 Å². The highest BCUT2D eigenvalue weighted by Gasteiger charge is 2.33. The molecule has 1 N–H and O–H groups in total. The van der Waals surface area contributed by atoms with Crippen LogP contribution in [0, 0.1) is 6.92 Å². The van der Waals surface area contributed by atoms with Gasteiger partial charge in [0.1, 0.15) is 24.2 Å². The molecule has 9 heteroatoms. The SMILES string of the molecule is Cc1nc(C(F)(F)F)ccc1C(=O)N/N=C\c1ccc(OC[C@H]2CO2)cc1. The van der Waals surface area contributed by atoms with Crippen LogP contribution in [0.1, 0.15) is 27.3 Å². The molecule has 0 spiro atoms. The van der Waals surface area contributed by atoms with E-state index in [1.807, 2.05) is 0 Å². The molecule has 142 valence electrons. The Balaban J connectivity index is 1.56. The summed E-state index contributed by atoms with van der Waals surface area (Å²) in [5, 5.41) is 3.81. The normalized spacial score (nSPS) is 16.4. The van der Waals surface area contributed by atoms with Gasteiger partial charge in [-0.05, 0) is 48.9 Å². The topological polar surface area (TPSA) is 76.1 Å². The zero-order chi connectivity index (χ0) is 19.4. The monoisotopic (exact) mass is 379 g/mol. The summed E-state index contributed by atoms with van der Waals surface area (Å²) in [6.07, 6.45) is -2.97. The minimum absolute atomic E-state index is 0.0196. The number of hydrogen-bond donors (Lipinski definition) is 1. The van der Waals surface area contributed by atoms with Gasteiger partial charge in [-0.1, -0.05) is 0 Å². The number of pyridine rings is 1. The number of hydrazone groups is 1. The summed E-state index contributed by atoms with van der Waals surface area (Å²) in [5.74, 6) is 0.0486. The first-order valence-corrected chi connectivity index (χ1v) is 8.05. The van der Waals surface area contributed by atoms with Crippen LogP contribution in [0.4, 0.5) is 13.2 Å². The molecule has 0 unspecified atom stereocenters. The van der Waals surface area contributed by atoms with Crippen LogP contribution in [0.15, 0.2) is 41.5 Å². The molecule has 1 aromatic carbocycles. The van der Waals surface area contributed by atoms with E-state index in [1.54, 1.807) is 24.3 Å². The molecular weight excluding hydrogens is 363 g/mol. The number of carbonyl (C=O) groups excluding carboxylic acids is 1. The van der Waals surface area contributed by atoms with Gasteiger partial charge in [0.15, 0.2) is 0 Å². The van der Waals surface area contributed by atoms with Crippen LogP contribution >= 0.6 is 0 Å². The summed E-state index contributed by atoms with van der Waals surface area (Å²) in [6.45, 7) is 2.56. The number of ether oxygens (including phenoxy) is 2. The van der Waals surface area contributed by atoms with E-state index >= 15 is 0 Å². The number of amides is 1. The van der Waals surface area contributed by atoms with Crippen molar-refractivity contribution in [3.05, 3.63) is 58.9 Å². The van der Waals surface area contributed by atoms with Crippen LogP contribution in [0.5, 0.6) is 5.75 Å². The molecule has 27 heavy (non-hydrogen) atoms. The molecule has 1 aliphatic heterocycles. The van der Waals surface area contributed by atoms with Gasteiger partial charge in [0, 0.05) is 0 Å². The summed E-state index contributed by atoms with van der Waals surface area (Å²) in [6, 6.07) is 8.86. The molecule has 0 bridgehead atoms. The predicted molar refractivity (Wildman–Crippen MR) is 90.7 cm³/mol. The first-order chi connectivity index (χ1) is 12.8. The zero-order valence-electron chi connectivity index (χ0n) is 14.3. The summed E-state index contributed by atoms with van der Waals surface area (Å²) < 4.78 is 48.4. The maximum absolute atomic E-state index is 12.6. The predicted octanol–water partition coefficient (Wildman–Crippen LogP) is 2.95. The lowest BCUT2D eigenvalue weighted by molar-refractivity contribution is -0.141. The molecule has 1 aliphatic rings. The first kappa shape index (κ1) is 18.8. The van der Waals surface area contributed by atoms with Crippen molar-refractivity contribution in [2.75, 3.05) is 13.2 Å². The molecule has 2 heterocycles. The highest BCUT2D eigenvalue weighted by molar-refractivity contribution is 5.95. The van der Waals surface area contributed by atoms with E-state index in [0.717, 1.165) is 18.7 Å². The quantitative estimate of drug-likeness (QED) is 0.476. The molecule has 6 nitrogen and oxygen atoms in total. The number of benzene rings is 1. The van der Waals surface area contributed by atoms with Gasteiger partial charge in [-0.2, -0.15) is 18.3 Å². The Morgan fingerprint density at radius 3 is 2.63 bits per heavy atom. The summed E-state index contributed by atoms with van der Waals surface area (Å²) in [5.41, 5.74) is 1.93. The number of nitrogens with one attached hydrogen (secondary N) is 1. The Hall–Kier alpha value is -2.94. The summed E-state index contributed by atoms with van der Waals surface area (Å²) in [7, 11) is 0. The van der Waals surface area contributed by atoms with Crippen molar-refractivity contribution in [1.29, 1.82) is 0 Å². The number of nitrogens with zero attached hydrogens (tertiary/aromatic N) is 2. The van der Waals surface area contributed by atoms with Gasteiger partial charge in [-0.25, -0.2) is 10.4 Å². The zero-order valence-corrected chi connectivity index (χ0v) is 14.3. The van der Waals surface area contributed by atoms with Crippen molar-refractivity contribution >= 4 is 12.1 Å². The third-order valence-electron chi connectivity index (χ3n) is 3.72. The first-order valence-electron chi connectivity index (χ1n) is 8.05. The number of carbonyl (C=O) groups is 1. The van der Waals surface area contributed by atoms with Crippen LogP contribution in [-0.4, -0.2) is 36.4 Å². The Bertz CT molecular complexity index is 847. The van der Waals surface area contributed by atoms with E-state index in [9.17, 15) is 18.0 Å². The third kappa shape index (κ3) is 5.27. The molecular formula is C18H16F3N3O3. The van der Waals surface area contributed by atoms with Crippen LogP contribution < -0.4 is 10.2 Å². The standard InChI is InChI=1S/C18H16F3N3O3/c1-11-15(6-7-16(23-11)18(19,20)21)17(25)24-22-8-12-2-4-13(5-3-12)26-9-14-10-27-14/h2-8,14H,9-10H2,1H3,(H,24,25)/b22-8-/t14-/m0/s1. The second kappa shape index (κ2) is 7.75. The van der Waals surface area contributed by atoms with E-state index in [4.69, 9.17) is 9.47 Å². The van der Waals surface area contributed by atoms with Gasteiger partial charge in [0.2, 0.25) is 0 Å². The van der Waals surface area contributed by atoms with Crippen molar-refractivity contribution in [3.63, 3.8) is 0 Å². The molecule has 1 aromatic heterocycles. The Morgan fingerprint density at radius 1 is 1.33 bits per heavy atom. The number of epoxide rings is 1. The van der Waals surface area contributed by atoms with E-state index < -0.39 is 17.8 Å². The third-order valence-corrected chi connectivity index (χ3v) is 3.72. The molecule has 1 atom stereocenters. The minimum Gasteiger partial charge on any atom is -0.491 e. The maximum Gasteiger partial charge on any atom is 0.433 e. The van der Waals surface area contributed by atoms with E-state index in [0.29, 0.717) is 17.9 Å². The van der Waals surface area contributed by atoms with Crippen molar-refractivity contribution in [2.45, 2.75) is 19.2 Å². The Labute approximate surface area is 153 Å². The molecule has 1 amide bonds. The second-order valence-electron chi connectivity index (χ2n) is 5.86. The van der Waals surface area contributed by atoms with Crippen molar-refractivity contribution < 1.29 is 27.4 Å². The lowest BCUT2D eigenvalue weighted by atomic mass is 10.1. The fourth-order valence-electron chi connectivity index (χ4n) is 2.19. The Kier molecular flexibility index (Phi) is 5.41. The molecule has 0 saturated carbocycles. The van der Waals surface area contributed by atoms with Gasteiger partial charge in [0.25, 0.3) is 5.91 Å². The van der Waals surface area contributed by atoms with Crippen LogP contribution in [0.25, 0.3) is 0 Å². The van der Waals surface area contributed by atoms with Crippen molar-refractivity contribution in [3.8, 4) is 5.75 Å². The number of halogens is 3. The summed E-state index contributed by atoms with van der Waals surface area (Å²) in [4.78, 5) is 15.5. The molecule has 1 fully saturated rings. The van der Waals surface area contributed by atoms with Crippen molar-refractivity contribution in [1.82, 2.24) is 10.4 Å². The van der Waals surface area contributed by atoms with Crippen LogP contribution in [0.3, 0.4) is 0 Å². The smallest absolute Gasteiger partial charge is 0.433 e. The van der Waals surface area contributed by atoms with Gasteiger partial charge in [0.05, 0.1) is 24.1 Å². The van der Waals surface area contributed by atoms with Gasteiger partial charge in [-0.15, -0.1) is 0 Å². The number of rotatable bonds is 6. The van der Waals surface area contributed by atoms with Crippen LogP contribution in [0.2, 0.25) is 0 Å². The highest BCUT2D eigenvalue weighted by Crippen LogP contribution is 2.28. The lowest BCUT2D eigenvalue weighted by Gasteiger charge is -2.09. The van der Waals surface area contributed by atoms with E-state index in [-0.39, 0.29) is 17.4 Å². The largest absolute Gasteiger partial charge is 0.491 e.